The van der Waals surface area contributed by atoms with E-state index in [0.717, 1.165) is 0 Å². The van der Waals surface area contributed by atoms with Gasteiger partial charge >= 0.3 is 0 Å². The van der Waals surface area contributed by atoms with Crippen molar-refractivity contribution in [3.05, 3.63) is 35.3 Å². The number of rotatable bonds is 3. The molecule has 0 spiro atoms. The van der Waals surface area contributed by atoms with Gasteiger partial charge in [0.2, 0.25) is 0 Å². The summed E-state index contributed by atoms with van der Waals surface area (Å²) in [4.78, 5) is 12.3. The van der Waals surface area contributed by atoms with Crippen LogP contribution in [0, 0.1) is 12.3 Å². The van der Waals surface area contributed by atoms with Gasteiger partial charge in [0.15, 0.2) is 5.78 Å². The average molecular weight is 225 g/mol. The molecule has 16 heavy (non-hydrogen) atoms. The number of carbonyl (C=O) groups is 1. The molecule has 0 unspecified atom stereocenters. The highest BCUT2D eigenvalue weighted by Crippen LogP contribution is 2.18. The molecule has 0 heterocycles. The van der Waals surface area contributed by atoms with E-state index in [9.17, 15) is 4.79 Å². The monoisotopic (exact) mass is 225 g/mol. The molecule has 0 fully saturated rings. The van der Waals surface area contributed by atoms with Gasteiger partial charge in [-0.3, -0.25) is 4.79 Å². The van der Waals surface area contributed by atoms with Crippen molar-refractivity contribution in [2.45, 2.75) is 40.1 Å². The molecule has 0 aliphatic heterocycles. The number of hydrogen-bond donors (Lipinski definition) is 1. The van der Waals surface area contributed by atoms with E-state index in [1.807, 2.05) is 0 Å². The third kappa shape index (κ3) is 3.46. The van der Waals surface area contributed by atoms with Crippen LogP contribution in [0.3, 0.4) is 0 Å². The molecule has 2 atom stereocenters. The lowest BCUT2D eigenvalue weighted by atomic mass is 9.84. The van der Waals surface area contributed by atoms with E-state index in [2.05, 4.69) is 0 Å². The van der Waals surface area contributed by atoms with Crippen LogP contribution in [0.2, 0.25) is 0 Å². The fourth-order valence-electron chi connectivity index (χ4n) is 1.18. The molecule has 2 N–H and O–H groups in total. The average Bonchev–Trinajstić information content (AvgIpc) is 2.41. The van der Waals surface area contributed by atoms with Crippen LogP contribution in [-0.2, 0) is 11.2 Å². The van der Waals surface area contributed by atoms with Crippen LogP contribution >= 0.6 is 0 Å². The van der Waals surface area contributed by atoms with Crippen molar-refractivity contribution in [3.63, 3.8) is 0 Å². The standard InChI is InChI=1S/C14H21NO/c1-10-6-5-7-11(8-10)9-12(15)13(16)14(2,3)4/h5-8,12H,9,15H2,1-4H3/t12-/m0/s1/i5D,6D,7D,8D,9D,12D/t9-,12+/m1. The molecule has 88 valence electrons. The lowest BCUT2D eigenvalue weighted by Gasteiger charge is -2.21. The van der Waals surface area contributed by atoms with Crippen molar-refractivity contribution in [3.8, 4) is 0 Å². The predicted octanol–water partition coefficient (Wildman–Crippen LogP) is 2.48. The van der Waals surface area contributed by atoms with Gasteiger partial charge < -0.3 is 5.73 Å². The molecule has 0 radical (unpaired) electrons. The van der Waals surface area contributed by atoms with Crippen LogP contribution in [0.15, 0.2) is 24.2 Å². The van der Waals surface area contributed by atoms with Crippen molar-refractivity contribution in [2.75, 3.05) is 0 Å². The Bertz CT molecular complexity index is 592. The summed E-state index contributed by atoms with van der Waals surface area (Å²) in [5.41, 5.74) is 4.68. The van der Waals surface area contributed by atoms with Crippen LogP contribution in [0.1, 0.15) is 40.1 Å². The summed E-state index contributed by atoms with van der Waals surface area (Å²) in [5, 5.41) is 0. The predicted molar refractivity (Wildman–Crippen MR) is 67.3 cm³/mol. The largest absolute Gasteiger partial charge is 0.321 e. The molecule has 1 aromatic carbocycles. The minimum atomic E-state index is -2.34. The molecule has 0 aromatic heterocycles. The number of Topliss-reactive ketones (excluding diaryl/α,β-unsaturated/α-hetero) is 1. The van der Waals surface area contributed by atoms with Gasteiger partial charge in [-0.25, -0.2) is 0 Å². The van der Waals surface area contributed by atoms with E-state index >= 15 is 0 Å². The topological polar surface area (TPSA) is 43.1 Å². The van der Waals surface area contributed by atoms with Crippen LogP contribution in [-0.4, -0.2) is 11.8 Å². The molecule has 0 aliphatic carbocycles. The zero-order chi connectivity index (χ0) is 17.6. The van der Waals surface area contributed by atoms with Gasteiger partial charge in [-0.1, -0.05) is 50.5 Å². The first-order chi connectivity index (χ1) is 9.74. The molecule has 0 saturated carbocycles. The Balaban J connectivity index is 3.54. The number of benzene rings is 1. The Morgan fingerprint density at radius 2 is 2.25 bits per heavy atom. The maximum absolute atomic E-state index is 12.3. The molecule has 0 bridgehead atoms. The van der Waals surface area contributed by atoms with Crippen molar-refractivity contribution in [1.29, 1.82) is 0 Å². The number of carbonyl (C=O) groups excluding carboxylic acids is 1. The van der Waals surface area contributed by atoms with Gasteiger partial charge in [-0.05, 0) is 18.9 Å². The normalized spacial score (nSPS) is 22.8. The van der Waals surface area contributed by atoms with E-state index in [1.54, 1.807) is 20.8 Å². The van der Waals surface area contributed by atoms with Crippen LogP contribution in [0.4, 0.5) is 0 Å². The molecule has 2 heteroatoms. The summed E-state index contributed by atoms with van der Waals surface area (Å²) in [6.45, 7) is 6.17. The fourth-order valence-corrected chi connectivity index (χ4v) is 1.18. The molecule has 2 nitrogen and oxygen atoms in total. The first kappa shape index (κ1) is 6.55. The minimum absolute atomic E-state index is 0.132. The van der Waals surface area contributed by atoms with Gasteiger partial charge in [-0.15, -0.1) is 0 Å². The Labute approximate surface area is 106 Å². The van der Waals surface area contributed by atoms with Gasteiger partial charge in [0, 0.05) is 6.79 Å². The number of hydrogen-bond acceptors (Lipinski definition) is 2. The molecular weight excluding hydrogens is 198 g/mol. The second-order valence-electron chi connectivity index (χ2n) is 4.72. The highest BCUT2D eigenvalue weighted by atomic mass is 16.1. The maximum Gasteiger partial charge on any atom is 0.155 e. The summed E-state index contributed by atoms with van der Waals surface area (Å²) < 4.78 is 47.5. The van der Waals surface area contributed by atoms with E-state index in [0.29, 0.717) is 0 Å². The lowest BCUT2D eigenvalue weighted by Crippen LogP contribution is -2.40. The third-order valence-electron chi connectivity index (χ3n) is 2.01. The van der Waals surface area contributed by atoms with E-state index in [-0.39, 0.29) is 23.2 Å². The summed E-state index contributed by atoms with van der Waals surface area (Å²) in [7, 11) is 0. The van der Waals surface area contributed by atoms with Gasteiger partial charge in [-0.2, -0.15) is 0 Å². The zero-order valence-corrected chi connectivity index (χ0v) is 10.1. The highest BCUT2D eigenvalue weighted by Gasteiger charge is 2.26. The second-order valence-corrected chi connectivity index (χ2v) is 4.72. The zero-order valence-electron chi connectivity index (χ0n) is 16.1. The van der Waals surface area contributed by atoms with E-state index < -0.39 is 35.7 Å². The number of ketones is 1. The lowest BCUT2D eigenvalue weighted by molar-refractivity contribution is -0.127. The van der Waals surface area contributed by atoms with Gasteiger partial charge in [0.05, 0.1) is 12.9 Å². The van der Waals surface area contributed by atoms with Gasteiger partial charge in [0.25, 0.3) is 0 Å². The molecule has 1 rings (SSSR count). The number of nitrogens with two attached hydrogens (primary N) is 1. The first-order valence-corrected chi connectivity index (χ1v) is 5.07. The summed E-state index contributed by atoms with van der Waals surface area (Å²) in [5.74, 6) is -0.682. The molecule has 0 aliphatic rings. The molecule has 0 amide bonds. The minimum Gasteiger partial charge on any atom is -0.321 e. The Morgan fingerprint density at radius 1 is 1.62 bits per heavy atom. The van der Waals surface area contributed by atoms with E-state index in [1.165, 1.54) is 6.92 Å². The van der Waals surface area contributed by atoms with Crippen LogP contribution < -0.4 is 5.73 Å². The van der Waals surface area contributed by atoms with Crippen molar-refractivity contribution in [1.82, 2.24) is 0 Å². The molecule has 1 aromatic rings. The Kier molecular flexibility index (Phi) is 1.96. The maximum atomic E-state index is 12.3. The highest BCUT2D eigenvalue weighted by molar-refractivity contribution is 5.88. The van der Waals surface area contributed by atoms with Crippen molar-refractivity contribution in [2.24, 2.45) is 11.1 Å². The summed E-state index contributed by atoms with van der Waals surface area (Å²) in [6.07, 6.45) is -1.68. The van der Waals surface area contributed by atoms with Crippen LogP contribution in [0.5, 0.6) is 0 Å². The second kappa shape index (κ2) is 4.79. The van der Waals surface area contributed by atoms with Gasteiger partial charge in [0.1, 0.15) is 0 Å². The molecule has 0 saturated heterocycles. The summed E-state index contributed by atoms with van der Waals surface area (Å²) in [6, 6.07) is -3.81. The SMILES string of the molecule is [2H]c1c([2H])c(C)c([2H])c([C@@H]([2H])[C@]([2H])(N)C(=O)C(C)(C)C)c1[2H]. The Hall–Kier alpha value is -1.15. The quantitative estimate of drug-likeness (QED) is 0.858. The first-order valence-electron chi connectivity index (χ1n) is 8.15. The molecular formula is C14H21NO. The fraction of sp³-hybridized carbons (Fsp3) is 0.500. The smallest absolute Gasteiger partial charge is 0.155 e. The van der Waals surface area contributed by atoms with Crippen LogP contribution in [0.25, 0.3) is 0 Å². The van der Waals surface area contributed by atoms with E-state index in [4.69, 9.17) is 14.0 Å². The third-order valence-corrected chi connectivity index (χ3v) is 2.01. The summed E-state index contributed by atoms with van der Waals surface area (Å²) >= 11 is 0. The van der Waals surface area contributed by atoms with Crippen molar-refractivity contribution < 1.29 is 13.0 Å². The van der Waals surface area contributed by atoms with Crippen molar-refractivity contribution >= 4 is 5.78 Å². The Morgan fingerprint density at radius 3 is 2.81 bits per heavy atom.